The zero-order valence-corrected chi connectivity index (χ0v) is 7.10. The summed E-state index contributed by atoms with van der Waals surface area (Å²) in [6.45, 7) is 2.28. The van der Waals surface area contributed by atoms with Crippen molar-refractivity contribution >= 4 is 16.5 Å². The average molecular weight is 168 g/mol. The molecule has 1 aliphatic heterocycles. The van der Waals surface area contributed by atoms with Gasteiger partial charge in [0, 0.05) is 13.1 Å². The minimum absolute atomic E-state index is 1.03. The van der Waals surface area contributed by atoms with Crippen molar-refractivity contribution in [1.82, 2.24) is 10.2 Å². The Kier molecular flexibility index (Phi) is 2.03. The number of hydrogen-bond donors (Lipinski definition) is 0. The molecule has 1 radical (unpaired) electrons. The highest BCUT2D eigenvalue weighted by atomic mass is 32.1. The smallest absolute Gasteiger partial charge is 0.208 e. The van der Waals surface area contributed by atoms with Crippen LogP contribution in [0.15, 0.2) is 0 Å². The minimum Gasteiger partial charge on any atom is -0.347 e. The fourth-order valence-corrected chi connectivity index (χ4v) is 1.91. The molecule has 2 rings (SSSR count). The van der Waals surface area contributed by atoms with Crippen molar-refractivity contribution in [2.45, 2.75) is 19.3 Å². The van der Waals surface area contributed by atoms with Crippen LogP contribution in [-0.4, -0.2) is 23.3 Å². The maximum Gasteiger partial charge on any atom is 0.208 e. The summed E-state index contributed by atoms with van der Waals surface area (Å²) in [7, 11) is 0. The molecule has 1 fully saturated rings. The molecular weight excluding hydrogens is 158 g/mol. The number of aromatic nitrogens is 2. The predicted octanol–water partition coefficient (Wildman–Crippen LogP) is 1.33. The molecule has 0 N–H and O–H groups in total. The van der Waals surface area contributed by atoms with Gasteiger partial charge in [0.15, 0.2) is 5.51 Å². The summed E-state index contributed by atoms with van der Waals surface area (Å²) in [6.07, 6.45) is 3.94. The van der Waals surface area contributed by atoms with E-state index in [0.717, 1.165) is 18.2 Å². The van der Waals surface area contributed by atoms with Crippen LogP contribution >= 0.6 is 11.3 Å². The molecule has 0 amide bonds. The maximum atomic E-state index is 3.98. The molecule has 1 aromatic heterocycles. The van der Waals surface area contributed by atoms with Gasteiger partial charge in [-0.3, -0.25) is 0 Å². The number of anilines is 1. The summed E-state index contributed by atoms with van der Waals surface area (Å²) in [4.78, 5) is 2.29. The van der Waals surface area contributed by atoms with Crippen LogP contribution < -0.4 is 4.90 Å². The van der Waals surface area contributed by atoms with Crippen molar-refractivity contribution in [2.24, 2.45) is 0 Å². The van der Waals surface area contributed by atoms with E-state index in [4.69, 9.17) is 0 Å². The SMILES string of the molecule is [c]1nnc(N2CCCCC2)s1. The molecule has 0 aliphatic carbocycles. The molecule has 1 aromatic rings. The van der Waals surface area contributed by atoms with Crippen LogP contribution in [0.5, 0.6) is 0 Å². The van der Waals surface area contributed by atoms with Gasteiger partial charge in [-0.05, 0) is 19.3 Å². The molecule has 0 unspecified atom stereocenters. The highest BCUT2D eigenvalue weighted by molar-refractivity contribution is 7.12. The Balaban J connectivity index is 2.04. The molecule has 59 valence electrons. The monoisotopic (exact) mass is 168 g/mol. The Labute approximate surface area is 70.1 Å². The lowest BCUT2D eigenvalue weighted by Gasteiger charge is -2.25. The number of piperidine rings is 1. The molecule has 0 spiro atoms. The van der Waals surface area contributed by atoms with Gasteiger partial charge in [0.2, 0.25) is 5.13 Å². The van der Waals surface area contributed by atoms with E-state index in [0.29, 0.717) is 0 Å². The third-order valence-corrected chi connectivity index (χ3v) is 2.64. The van der Waals surface area contributed by atoms with E-state index < -0.39 is 0 Å². The molecule has 1 aliphatic rings. The molecule has 0 atom stereocenters. The highest BCUT2D eigenvalue weighted by Crippen LogP contribution is 2.19. The molecule has 0 saturated carbocycles. The standard InChI is InChI=1S/C7H10N3S/c1-2-4-10(5-3-1)7-9-8-6-11-7/h1-5H2. The molecule has 1 saturated heterocycles. The first-order chi connectivity index (χ1) is 5.47. The molecule has 2 heterocycles. The van der Waals surface area contributed by atoms with Gasteiger partial charge in [-0.2, -0.15) is 0 Å². The van der Waals surface area contributed by atoms with Crippen molar-refractivity contribution in [3.8, 4) is 0 Å². The van der Waals surface area contributed by atoms with Crippen molar-refractivity contribution < 1.29 is 0 Å². The lowest BCUT2D eigenvalue weighted by Crippen LogP contribution is -2.29. The lowest BCUT2D eigenvalue weighted by molar-refractivity contribution is 0.575. The fraction of sp³-hybridized carbons (Fsp3) is 0.714. The molecule has 4 heteroatoms. The van der Waals surface area contributed by atoms with Gasteiger partial charge >= 0.3 is 0 Å². The third-order valence-electron chi connectivity index (χ3n) is 1.94. The Bertz CT molecular complexity index is 203. The zero-order valence-electron chi connectivity index (χ0n) is 6.29. The normalized spacial score (nSPS) is 18.7. The van der Waals surface area contributed by atoms with Crippen molar-refractivity contribution in [3.05, 3.63) is 5.51 Å². The van der Waals surface area contributed by atoms with Crippen LogP contribution in [0, 0.1) is 5.51 Å². The molecule has 3 nitrogen and oxygen atoms in total. The molecule has 0 bridgehead atoms. The second-order valence-electron chi connectivity index (χ2n) is 2.72. The Morgan fingerprint density at radius 3 is 2.73 bits per heavy atom. The Morgan fingerprint density at radius 2 is 2.09 bits per heavy atom. The second kappa shape index (κ2) is 3.17. The average Bonchev–Trinajstić information content (AvgIpc) is 2.58. The summed E-state index contributed by atoms with van der Waals surface area (Å²) >= 11 is 1.51. The van der Waals surface area contributed by atoms with Gasteiger partial charge in [0.1, 0.15) is 0 Å². The molecular formula is C7H10N3S. The lowest BCUT2D eigenvalue weighted by atomic mass is 10.1. The van der Waals surface area contributed by atoms with Crippen molar-refractivity contribution in [1.29, 1.82) is 0 Å². The third kappa shape index (κ3) is 1.50. The van der Waals surface area contributed by atoms with E-state index in [1.807, 2.05) is 0 Å². The summed E-state index contributed by atoms with van der Waals surface area (Å²) in [5.41, 5.74) is 2.77. The predicted molar refractivity (Wildman–Crippen MR) is 44.8 cm³/mol. The summed E-state index contributed by atoms with van der Waals surface area (Å²) < 4.78 is 0. The zero-order chi connectivity index (χ0) is 7.52. The first-order valence-corrected chi connectivity index (χ1v) is 4.73. The van der Waals surface area contributed by atoms with Crippen LogP contribution in [0.1, 0.15) is 19.3 Å². The van der Waals surface area contributed by atoms with Crippen LogP contribution in [-0.2, 0) is 0 Å². The van der Waals surface area contributed by atoms with Gasteiger partial charge < -0.3 is 4.90 Å². The topological polar surface area (TPSA) is 29.0 Å². The Hall–Kier alpha value is -0.640. The van der Waals surface area contributed by atoms with Gasteiger partial charge in [0.25, 0.3) is 0 Å². The fourth-order valence-electron chi connectivity index (χ4n) is 1.36. The van der Waals surface area contributed by atoms with Crippen LogP contribution in [0.4, 0.5) is 5.13 Å². The summed E-state index contributed by atoms with van der Waals surface area (Å²) in [5.74, 6) is 0. The van der Waals surface area contributed by atoms with E-state index in [2.05, 4.69) is 20.6 Å². The minimum atomic E-state index is 1.03. The van der Waals surface area contributed by atoms with Crippen molar-refractivity contribution in [2.75, 3.05) is 18.0 Å². The first-order valence-electron chi connectivity index (χ1n) is 3.91. The summed E-state index contributed by atoms with van der Waals surface area (Å²) in [6, 6.07) is 0. The van der Waals surface area contributed by atoms with Crippen LogP contribution in [0.25, 0.3) is 0 Å². The van der Waals surface area contributed by atoms with Crippen LogP contribution in [0.2, 0.25) is 0 Å². The van der Waals surface area contributed by atoms with E-state index in [-0.39, 0.29) is 0 Å². The maximum absolute atomic E-state index is 3.98. The molecule has 11 heavy (non-hydrogen) atoms. The van der Waals surface area contributed by atoms with Crippen LogP contribution in [0.3, 0.4) is 0 Å². The van der Waals surface area contributed by atoms with Gasteiger partial charge in [-0.25, -0.2) is 0 Å². The second-order valence-corrected chi connectivity index (χ2v) is 3.48. The molecule has 0 aromatic carbocycles. The van der Waals surface area contributed by atoms with Gasteiger partial charge in [0.05, 0.1) is 0 Å². The van der Waals surface area contributed by atoms with Crippen molar-refractivity contribution in [3.63, 3.8) is 0 Å². The summed E-state index contributed by atoms with van der Waals surface area (Å²) in [5, 5.41) is 8.71. The van der Waals surface area contributed by atoms with E-state index >= 15 is 0 Å². The first kappa shape index (κ1) is 7.03. The Morgan fingerprint density at radius 1 is 1.27 bits per heavy atom. The van der Waals surface area contributed by atoms with E-state index in [1.54, 1.807) is 0 Å². The highest BCUT2D eigenvalue weighted by Gasteiger charge is 2.12. The quantitative estimate of drug-likeness (QED) is 0.633. The number of rotatable bonds is 1. The number of hydrogen-bond acceptors (Lipinski definition) is 4. The number of nitrogens with zero attached hydrogens (tertiary/aromatic N) is 3. The largest absolute Gasteiger partial charge is 0.347 e. The van der Waals surface area contributed by atoms with E-state index in [9.17, 15) is 0 Å². The van der Waals surface area contributed by atoms with Gasteiger partial charge in [-0.1, -0.05) is 11.3 Å². The van der Waals surface area contributed by atoms with Gasteiger partial charge in [-0.15, -0.1) is 10.2 Å². The van der Waals surface area contributed by atoms with E-state index in [1.165, 1.54) is 30.6 Å².